The molecule has 0 radical (unpaired) electrons. The first kappa shape index (κ1) is 14.3. The normalized spacial score (nSPS) is 16.0. The average molecular weight is 313 g/mol. The molecule has 4 rings (SSSR count). The average Bonchev–Trinajstić information content (AvgIpc) is 2.90. The van der Waals surface area contributed by atoms with E-state index in [9.17, 15) is 4.79 Å². The SMILES string of the molecule is CC1=NN(c2ccccc2)C(=O)/C1=C\c1ccc2ccccc2n1. The molecule has 0 saturated heterocycles. The zero-order valence-corrected chi connectivity index (χ0v) is 13.2. The molecule has 0 aliphatic carbocycles. The van der Waals surface area contributed by atoms with E-state index in [-0.39, 0.29) is 5.91 Å². The Morgan fingerprint density at radius 2 is 1.67 bits per heavy atom. The maximum atomic E-state index is 12.7. The van der Waals surface area contributed by atoms with Gasteiger partial charge in [0.05, 0.1) is 28.2 Å². The van der Waals surface area contributed by atoms with Gasteiger partial charge >= 0.3 is 0 Å². The van der Waals surface area contributed by atoms with Crippen molar-refractivity contribution in [1.82, 2.24) is 4.98 Å². The van der Waals surface area contributed by atoms with Gasteiger partial charge < -0.3 is 0 Å². The first-order valence-electron chi connectivity index (χ1n) is 7.75. The monoisotopic (exact) mass is 313 g/mol. The van der Waals surface area contributed by atoms with E-state index in [1.54, 1.807) is 6.08 Å². The van der Waals surface area contributed by atoms with Crippen LogP contribution in [0.25, 0.3) is 17.0 Å². The number of hydrogen-bond donors (Lipinski definition) is 0. The van der Waals surface area contributed by atoms with Gasteiger partial charge in [-0.15, -0.1) is 0 Å². The quantitative estimate of drug-likeness (QED) is 0.670. The molecule has 0 fully saturated rings. The highest BCUT2D eigenvalue weighted by molar-refractivity contribution is 6.32. The molecule has 24 heavy (non-hydrogen) atoms. The Morgan fingerprint density at radius 3 is 2.50 bits per heavy atom. The highest BCUT2D eigenvalue weighted by atomic mass is 16.2. The van der Waals surface area contributed by atoms with Crippen molar-refractivity contribution in [2.24, 2.45) is 5.10 Å². The summed E-state index contributed by atoms with van der Waals surface area (Å²) >= 11 is 0. The summed E-state index contributed by atoms with van der Waals surface area (Å²) in [5.74, 6) is -0.131. The molecule has 4 nitrogen and oxygen atoms in total. The molecule has 0 bridgehead atoms. The van der Waals surface area contributed by atoms with E-state index in [1.165, 1.54) is 5.01 Å². The van der Waals surface area contributed by atoms with Gasteiger partial charge in [0.25, 0.3) is 5.91 Å². The maximum absolute atomic E-state index is 12.7. The highest BCUT2D eigenvalue weighted by Crippen LogP contribution is 2.24. The second kappa shape index (κ2) is 5.74. The van der Waals surface area contributed by atoms with Crippen molar-refractivity contribution in [2.75, 3.05) is 5.01 Å². The van der Waals surface area contributed by atoms with Gasteiger partial charge in [-0.2, -0.15) is 10.1 Å². The maximum Gasteiger partial charge on any atom is 0.280 e. The van der Waals surface area contributed by atoms with Crippen LogP contribution in [0.1, 0.15) is 12.6 Å². The largest absolute Gasteiger partial charge is 0.280 e. The van der Waals surface area contributed by atoms with Gasteiger partial charge in [0.2, 0.25) is 0 Å². The van der Waals surface area contributed by atoms with Crippen molar-refractivity contribution < 1.29 is 4.79 Å². The summed E-state index contributed by atoms with van der Waals surface area (Å²) in [4.78, 5) is 17.3. The van der Waals surface area contributed by atoms with Crippen LogP contribution in [0.5, 0.6) is 0 Å². The number of carbonyl (C=O) groups excluding carboxylic acids is 1. The summed E-state index contributed by atoms with van der Waals surface area (Å²) in [6.45, 7) is 1.84. The Labute approximate surface area is 139 Å². The molecule has 0 spiro atoms. The van der Waals surface area contributed by atoms with Gasteiger partial charge in [-0.1, -0.05) is 42.5 Å². The standard InChI is InChI=1S/C20H15N3O/c1-14-18(20(24)23(22-14)17-8-3-2-4-9-17)13-16-12-11-15-7-5-6-10-19(15)21-16/h2-13H,1H3/b18-13-. The predicted octanol–water partition coefficient (Wildman–Crippen LogP) is 4.04. The molecule has 0 atom stereocenters. The molecule has 1 amide bonds. The third-order valence-electron chi connectivity index (χ3n) is 3.98. The van der Waals surface area contributed by atoms with Crippen molar-refractivity contribution in [1.29, 1.82) is 0 Å². The predicted molar refractivity (Wildman–Crippen MR) is 96.8 cm³/mol. The van der Waals surface area contributed by atoms with Gasteiger partial charge in [0.15, 0.2) is 0 Å². The molecule has 0 unspecified atom stereocenters. The Balaban J connectivity index is 1.72. The number of nitrogens with zero attached hydrogens (tertiary/aromatic N) is 3. The van der Waals surface area contributed by atoms with E-state index >= 15 is 0 Å². The fraction of sp³-hybridized carbons (Fsp3) is 0.0500. The van der Waals surface area contributed by atoms with E-state index in [1.807, 2.05) is 73.7 Å². The molecule has 1 aliphatic heterocycles. The van der Waals surface area contributed by atoms with Gasteiger partial charge in [0, 0.05) is 5.39 Å². The lowest BCUT2D eigenvalue weighted by molar-refractivity contribution is -0.114. The number of hydrogen-bond acceptors (Lipinski definition) is 3. The van der Waals surface area contributed by atoms with Crippen molar-refractivity contribution in [3.05, 3.63) is 78.0 Å². The molecular formula is C20H15N3O. The van der Waals surface area contributed by atoms with E-state index in [4.69, 9.17) is 0 Å². The van der Waals surface area contributed by atoms with E-state index in [2.05, 4.69) is 10.1 Å². The molecule has 4 heteroatoms. The fourth-order valence-electron chi connectivity index (χ4n) is 2.74. The van der Waals surface area contributed by atoms with Crippen LogP contribution >= 0.6 is 0 Å². The molecular weight excluding hydrogens is 298 g/mol. The molecule has 2 heterocycles. The van der Waals surface area contributed by atoms with Gasteiger partial charge in [-0.05, 0) is 37.3 Å². The first-order chi connectivity index (χ1) is 11.7. The number of para-hydroxylation sites is 2. The summed E-state index contributed by atoms with van der Waals surface area (Å²) in [7, 11) is 0. The molecule has 116 valence electrons. The van der Waals surface area contributed by atoms with Crippen LogP contribution in [0, 0.1) is 0 Å². The Morgan fingerprint density at radius 1 is 0.917 bits per heavy atom. The van der Waals surface area contributed by atoms with Gasteiger partial charge in [-0.25, -0.2) is 4.98 Å². The van der Waals surface area contributed by atoms with Gasteiger partial charge in [0.1, 0.15) is 0 Å². The fourth-order valence-corrected chi connectivity index (χ4v) is 2.74. The van der Waals surface area contributed by atoms with Crippen LogP contribution in [-0.4, -0.2) is 16.6 Å². The van der Waals surface area contributed by atoms with Crippen LogP contribution in [0.3, 0.4) is 0 Å². The summed E-state index contributed by atoms with van der Waals surface area (Å²) in [5.41, 5.74) is 3.69. The summed E-state index contributed by atoms with van der Waals surface area (Å²) in [6.07, 6.45) is 1.80. The smallest absolute Gasteiger partial charge is 0.267 e. The third-order valence-corrected chi connectivity index (χ3v) is 3.98. The number of pyridine rings is 1. The van der Waals surface area contributed by atoms with Crippen LogP contribution in [-0.2, 0) is 4.79 Å². The number of rotatable bonds is 2. The molecule has 2 aromatic carbocycles. The molecule has 1 aliphatic rings. The summed E-state index contributed by atoms with van der Waals surface area (Å²) in [6, 6.07) is 21.3. The van der Waals surface area contributed by atoms with E-state index in [0.717, 1.165) is 22.3 Å². The number of anilines is 1. The summed E-state index contributed by atoms with van der Waals surface area (Å²) < 4.78 is 0. The van der Waals surface area contributed by atoms with Crippen molar-refractivity contribution >= 4 is 34.3 Å². The van der Waals surface area contributed by atoms with Crippen molar-refractivity contribution in [3.63, 3.8) is 0 Å². The van der Waals surface area contributed by atoms with E-state index in [0.29, 0.717) is 11.3 Å². The van der Waals surface area contributed by atoms with Crippen LogP contribution in [0.4, 0.5) is 5.69 Å². The minimum atomic E-state index is -0.131. The first-order valence-corrected chi connectivity index (χ1v) is 7.75. The summed E-state index contributed by atoms with van der Waals surface area (Å²) in [5, 5.41) is 6.89. The molecule has 1 aromatic heterocycles. The van der Waals surface area contributed by atoms with Crippen LogP contribution < -0.4 is 5.01 Å². The molecule has 0 saturated carbocycles. The Hall–Kier alpha value is -3.27. The topological polar surface area (TPSA) is 45.6 Å². The molecule has 0 N–H and O–H groups in total. The second-order valence-corrected chi connectivity index (χ2v) is 5.62. The second-order valence-electron chi connectivity index (χ2n) is 5.62. The number of aromatic nitrogens is 1. The lowest BCUT2D eigenvalue weighted by Gasteiger charge is -2.10. The van der Waals surface area contributed by atoms with Crippen molar-refractivity contribution in [3.8, 4) is 0 Å². The number of fused-ring (bicyclic) bond motifs is 1. The van der Waals surface area contributed by atoms with Crippen LogP contribution in [0.15, 0.2) is 77.4 Å². The minimum absolute atomic E-state index is 0.131. The van der Waals surface area contributed by atoms with Crippen molar-refractivity contribution in [2.45, 2.75) is 6.92 Å². The van der Waals surface area contributed by atoms with Crippen LogP contribution in [0.2, 0.25) is 0 Å². The lowest BCUT2D eigenvalue weighted by atomic mass is 10.1. The van der Waals surface area contributed by atoms with Gasteiger partial charge in [-0.3, -0.25) is 4.79 Å². The minimum Gasteiger partial charge on any atom is -0.267 e. The van der Waals surface area contributed by atoms with E-state index < -0.39 is 0 Å². The Kier molecular flexibility index (Phi) is 3.43. The number of hydrazone groups is 1. The number of carbonyl (C=O) groups is 1. The number of benzene rings is 2. The third kappa shape index (κ3) is 2.48. The molecule has 3 aromatic rings. The Bertz CT molecular complexity index is 990. The zero-order valence-electron chi connectivity index (χ0n) is 13.2. The highest BCUT2D eigenvalue weighted by Gasteiger charge is 2.28. The zero-order chi connectivity index (χ0) is 16.5. The lowest BCUT2D eigenvalue weighted by Crippen LogP contribution is -2.21. The number of amides is 1.